The number of rotatable bonds is 5. The summed E-state index contributed by atoms with van der Waals surface area (Å²) < 4.78 is 13.8. The molecule has 0 aliphatic carbocycles. The summed E-state index contributed by atoms with van der Waals surface area (Å²) in [6, 6.07) is 4.97. The van der Waals surface area contributed by atoms with Crippen molar-refractivity contribution in [1.82, 2.24) is 10.3 Å². The van der Waals surface area contributed by atoms with Gasteiger partial charge < -0.3 is 5.32 Å². The molecule has 0 fully saturated rings. The van der Waals surface area contributed by atoms with Gasteiger partial charge in [0.25, 0.3) is 0 Å². The molecule has 0 saturated carbocycles. The first-order valence-corrected chi connectivity index (χ1v) is 7.41. The van der Waals surface area contributed by atoms with Crippen LogP contribution >= 0.6 is 27.3 Å². The van der Waals surface area contributed by atoms with E-state index in [2.05, 4.69) is 33.2 Å². The largest absolute Gasteiger partial charge is 0.310 e. The van der Waals surface area contributed by atoms with Crippen molar-refractivity contribution in [3.05, 3.63) is 50.6 Å². The maximum absolute atomic E-state index is 13.0. The molecule has 0 saturated heterocycles. The summed E-state index contributed by atoms with van der Waals surface area (Å²) >= 11 is 5.05. The molecule has 0 aliphatic heterocycles. The molecule has 96 valence electrons. The molecule has 1 heterocycles. The van der Waals surface area contributed by atoms with Gasteiger partial charge in [-0.3, -0.25) is 0 Å². The Morgan fingerprint density at radius 1 is 1.50 bits per heavy atom. The van der Waals surface area contributed by atoms with Gasteiger partial charge in [0.1, 0.15) is 5.82 Å². The molecule has 2 rings (SSSR count). The maximum atomic E-state index is 13.0. The number of thiazole rings is 1. The minimum Gasteiger partial charge on any atom is -0.310 e. The third kappa shape index (κ3) is 3.60. The number of hydrogen-bond donors (Lipinski definition) is 1. The first-order valence-electron chi connectivity index (χ1n) is 5.73. The van der Waals surface area contributed by atoms with Gasteiger partial charge in [-0.1, -0.05) is 22.0 Å². The summed E-state index contributed by atoms with van der Waals surface area (Å²) in [5.41, 5.74) is 1.07. The van der Waals surface area contributed by atoms with Crippen LogP contribution in [0.5, 0.6) is 0 Å². The minimum atomic E-state index is -0.222. The quantitative estimate of drug-likeness (QED) is 0.899. The van der Waals surface area contributed by atoms with Gasteiger partial charge in [0, 0.05) is 35.1 Å². The zero-order chi connectivity index (χ0) is 13.0. The average Bonchev–Trinajstić information content (AvgIpc) is 2.81. The fraction of sp³-hybridized carbons (Fsp3) is 0.308. The normalized spacial score (nSPS) is 12.6. The van der Waals surface area contributed by atoms with Gasteiger partial charge in [-0.25, -0.2) is 9.37 Å². The van der Waals surface area contributed by atoms with E-state index in [0.717, 1.165) is 28.0 Å². The molecule has 0 bridgehead atoms. The fourth-order valence-corrected chi connectivity index (χ4v) is 3.05. The van der Waals surface area contributed by atoms with Crippen molar-refractivity contribution in [2.45, 2.75) is 19.4 Å². The Bertz CT molecular complexity index is 502. The summed E-state index contributed by atoms with van der Waals surface area (Å²) in [5.74, 6) is -0.222. The first-order chi connectivity index (χ1) is 8.66. The Morgan fingerprint density at radius 2 is 2.33 bits per heavy atom. The molecule has 0 spiro atoms. The van der Waals surface area contributed by atoms with Crippen LogP contribution in [-0.4, -0.2) is 11.5 Å². The number of halogens is 2. The van der Waals surface area contributed by atoms with Gasteiger partial charge in [0.15, 0.2) is 0 Å². The molecule has 2 aromatic rings. The van der Waals surface area contributed by atoms with Crippen molar-refractivity contribution in [2.24, 2.45) is 0 Å². The van der Waals surface area contributed by atoms with Crippen molar-refractivity contribution in [1.29, 1.82) is 0 Å². The van der Waals surface area contributed by atoms with E-state index in [9.17, 15) is 4.39 Å². The third-order valence-corrected chi connectivity index (χ3v) is 4.23. The molecule has 1 aromatic carbocycles. The molecule has 1 aromatic heterocycles. The van der Waals surface area contributed by atoms with Crippen LogP contribution < -0.4 is 5.32 Å². The highest BCUT2D eigenvalue weighted by Gasteiger charge is 2.09. The smallest absolute Gasteiger partial charge is 0.124 e. The van der Waals surface area contributed by atoms with Crippen molar-refractivity contribution in [3.8, 4) is 0 Å². The van der Waals surface area contributed by atoms with Gasteiger partial charge in [-0.2, -0.15) is 0 Å². The van der Waals surface area contributed by atoms with Crippen LogP contribution in [0.4, 0.5) is 4.39 Å². The molecule has 0 aliphatic rings. The van der Waals surface area contributed by atoms with Crippen LogP contribution in [0.1, 0.15) is 23.5 Å². The summed E-state index contributed by atoms with van der Waals surface area (Å²) in [7, 11) is 0. The molecular formula is C13H14BrFN2S. The van der Waals surface area contributed by atoms with Gasteiger partial charge in [-0.05, 0) is 24.6 Å². The standard InChI is InChI=1S/C13H14BrFN2S/c1-9(11-3-2-10(15)8-12(11)14)16-5-4-13-17-6-7-18-13/h2-3,6-9,16H,4-5H2,1H3. The van der Waals surface area contributed by atoms with Crippen molar-refractivity contribution >= 4 is 27.3 Å². The van der Waals surface area contributed by atoms with Crippen molar-refractivity contribution < 1.29 is 4.39 Å². The van der Waals surface area contributed by atoms with E-state index in [4.69, 9.17) is 0 Å². The number of nitrogens with zero attached hydrogens (tertiary/aromatic N) is 1. The fourth-order valence-electron chi connectivity index (χ4n) is 1.73. The summed E-state index contributed by atoms with van der Waals surface area (Å²) in [4.78, 5) is 4.23. The SMILES string of the molecule is CC(NCCc1nccs1)c1ccc(F)cc1Br. The lowest BCUT2D eigenvalue weighted by atomic mass is 10.1. The molecule has 1 atom stereocenters. The van der Waals surface area contributed by atoms with Crippen LogP contribution in [0.3, 0.4) is 0 Å². The third-order valence-electron chi connectivity index (χ3n) is 2.70. The zero-order valence-corrected chi connectivity index (χ0v) is 12.4. The molecule has 0 radical (unpaired) electrons. The Labute approximate surface area is 118 Å². The Kier molecular flexibility index (Phi) is 4.86. The molecule has 0 amide bonds. The van der Waals surface area contributed by atoms with Gasteiger partial charge >= 0.3 is 0 Å². The van der Waals surface area contributed by atoms with E-state index in [1.165, 1.54) is 12.1 Å². The van der Waals surface area contributed by atoms with Crippen LogP contribution in [-0.2, 0) is 6.42 Å². The highest BCUT2D eigenvalue weighted by Crippen LogP contribution is 2.24. The van der Waals surface area contributed by atoms with Crippen LogP contribution in [0.25, 0.3) is 0 Å². The monoisotopic (exact) mass is 328 g/mol. The second-order valence-corrected chi connectivity index (χ2v) is 5.85. The molecule has 1 N–H and O–H groups in total. The van der Waals surface area contributed by atoms with Crippen molar-refractivity contribution in [3.63, 3.8) is 0 Å². The Morgan fingerprint density at radius 3 is 3.00 bits per heavy atom. The van der Waals surface area contributed by atoms with Crippen molar-refractivity contribution in [2.75, 3.05) is 6.54 Å². The molecule has 1 unspecified atom stereocenters. The summed E-state index contributed by atoms with van der Waals surface area (Å²) in [6.07, 6.45) is 2.74. The highest BCUT2D eigenvalue weighted by atomic mass is 79.9. The van der Waals surface area contributed by atoms with E-state index in [1.54, 1.807) is 17.4 Å². The highest BCUT2D eigenvalue weighted by molar-refractivity contribution is 9.10. The van der Waals surface area contributed by atoms with E-state index in [1.807, 2.05) is 11.6 Å². The van der Waals surface area contributed by atoms with Crippen LogP contribution in [0.15, 0.2) is 34.2 Å². The number of benzene rings is 1. The predicted molar refractivity (Wildman–Crippen MR) is 76.3 cm³/mol. The molecule has 18 heavy (non-hydrogen) atoms. The lowest BCUT2D eigenvalue weighted by molar-refractivity contribution is 0.570. The van der Waals surface area contributed by atoms with E-state index in [0.29, 0.717) is 0 Å². The molecule has 2 nitrogen and oxygen atoms in total. The number of hydrogen-bond acceptors (Lipinski definition) is 3. The maximum Gasteiger partial charge on any atom is 0.124 e. The summed E-state index contributed by atoms with van der Waals surface area (Å²) in [5, 5.41) is 6.53. The molecular weight excluding hydrogens is 315 g/mol. The Hall–Kier alpha value is -0.780. The van der Waals surface area contributed by atoms with E-state index >= 15 is 0 Å². The first kappa shape index (κ1) is 13.6. The average molecular weight is 329 g/mol. The van der Waals surface area contributed by atoms with Crippen LogP contribution in [0, 0.1) is 5.82 Å². The predicted octanol–water partition coefficient (Wildman–Crippen LogP) is 3.94. The number of aromatic nitrogens is 1. The molecule has 5 heteroatoms. The van der Waals surface area contributed by atoms with Gasteiger partial charge in [0.05, 0.1) is 5.01 Å². The minimum absolute atomic E-state index is 0.180. The zero-order valence-electron chi connectivity index (χ0n) is 9.99. The second kappa shape index (κ2) is 6.41. The lowest BCUT2D eigenvalue weighted by Gasteiger charge is -2.15. The topological polar surface area (TPSA) is 24.9 Å². The number of nitrogens with one attached hydrogen (secondary N) is 1. The summed E-state index contributed by atoms with van der Waals surface area (Å²) in [6.45, 7) is 2.93. The van der Waals surface area contributed by atoms with E-state index in [-0.39, 0.29) is 11.9 Å². The second-order valence-electron chi connectivity index (χ2n) is 4.02. The lowest BCUT2D eigenvalue weighted by Crippen LogP contribution is -2.21. The van der Waals surface area contributed by atoms with E-state index < -0.39 is 0 Å². The Balaban J connectivity index is 1.89. The van der Waals surface area contributed by atoms with Crippen LogP contribution in [0.2, 0.25) is 0 Å². The van der Waals surface area contributed by atoms with Gasteiger partial charge in [-0.15, -0.1) is 11.3 Å². The van der Waals surface area contributed by atoms with Gasteiger partial charge in [0.2, 0.25) is 0 Å².